The molecule has 1 aliphatic carbocycles. The molecule has 0 aromatic carbocycles. The maximum Gasteiger partial charge on any atom is 0.220 e. The highest BCUT2D eigenvalue weighted by atomic mass is 16.3. The Bertz CT molecular complexity index is 141. The minimum Gasteiger partial charge on any atom is -0.392 e. The Morgan fingerprint density at radius 2 is 2.36 bits per heavy atom. The summed E-state index contributed by atoms with van der Waals surface area (Å²) in [5.74, 6) is 0.706. The number of carbonyl (C=O) groups is 1. The third kappa shape index (κ3) is 3.98. The summed E-state index contributed by atoms with van der Waals surface area (Å²) in [6, 6.07) is 0. The molecule has 3 nitrogen and oxygen atoms in total. The maximum absolute atomic E-state index is 11.0. The van der Waals surface area contributed by atoms with E-state index >= 15 is 0 Å². The quantitative estimate of drug-likeness (QED) is 0.616. The minimum absolute atomic E-state index is 0.0772. The molecule has 1 unspecified atom stereocenters. The van der Waals surface area contributed by atoms with Gasteiger partial charge in [-0.05, 0) is 25.7 Å². The molecule has 0 aromatic rings. The second kappa shape index (κ2) is 3.72. The zero-order chi connectivity index (χ0) is 8.27. The molecule has 0 aromatic heterocycles. The molecule has 0 radical (unpaired) electrons. The van der Waals surface area contributed by atoms with Gasteiger partial charge >= 0.3 is 0 Å². The summed E-state index contributed by atoms with van der Waals surface area (Å²) in [5, 5.41) is 11.5. The van der Waals surface area contributed by atoms with Crippen molar-refractivity contribution in [1.29, 1.82) is 0 Å². The largest absolute Gasteiger partial charge is 0.392 e. The summed E-state index contributed by atoms with van der Waals surface area (Å²) in [4.78, 5) is 11.0. The van der Waals surface area contributed by atoms with Crippen LogP contribution in [0.4, 0.5) is 0 Å². The van der Waals surface area contributed by atoms with Crippen LogP contribution < -0.4 is 5.32 Å². The van der Waals surface area contributed by atoms with E-state index in [4.69, 9.17) is 5.11 Å². The summed E-state index contributed by atoms with van der Waals surface area (Å²) in [6.45, 7) is 2.04. The van der Waals surface area contributed by atoms with Crippen LogP contribution in [0.1, 0.15) is 26.2 Å². The first-order valence-electron chi connectivity index (χ1n) is 4.13. The average molecular weight is 157 g/mol. The van der Waals surface area contributed by atoms with Gasteiger partial charge in [0.1, 0.15) is 0 Å². The van der Waals surface area contributed by atoms with Crippen LogP contribution in [0.3, 0.4) is 0 Å². The van der Waals surface area contributed by atoms with E-state index in [1.807, 2.05) is 0 Å². The van der Waals surface area contributed by atoms with Gasteiger partial charge in [0.05, 0.1) is 6.10 Å². The zero-order valence-electron chi connectivity index (χ0n) is 6.84. The Balaban J connectivity index is 2.00. The highest BCUT2D eigenvalue weighted by molar-refractivity contribution is 5.76. The molecule has 1 saturated carbocycles. The van der Waals surface area contributed by atoms with Crippen molar-refractivity contribution in [2.75, 3.05) is 6.54 Å². The second-order valence-electron chi connectivity index (χ2n) is 3.30. The number of carbonyl (C=O) groups excluding carboxylic acids is 1. The van der Waals surface area contributed by atoms with E-state index in [0.29, 0.717) is 18.9 Å². The predicted molar refractivity (Wildman–Crippen MR) is 42.0 cm³/mol. The topological polar surface area (TPSA) is 49.3 Å². The first kappa shape index (κ1) is 8.53. The Hall–Kier alpha value is -0.570. The normalized spacial score (nSPS) is 19.5. The lowest BCUT2D eigenvalue weighted by molar-refractivity contribution is -0.121. The number of rotatable bonds is 4. The molecule has 0 spiro atoms. The molecule has 1 amide bonds. The fraction of sp³-hybridized carbons (Fsp3) is 0.875. The molecule has 0 bridgehead atoms. The smallest absolute Gasteiger partial charge is 0.220 e. The molecule has 0 heterocycles. The van der Waals surface area contributed by atoms with Gasteiger partial charge in [-0.25, -0.2) is 0 Å². The molecular weight excluding hydrogens is 142 g/mol. The van der Waals surface area contributed by atoms with Crippen LogP contribution >= 0.6 is 0 Å². The maximum atomic E-state index is 11.0. The van der Waals surface area contributed by atoms with Crippen LogP contribution in [-0.2, 0) is 4.79 Å². The van der Waals surface area contributed by atoms with Crippen molar-refractivity contribution in [2.24, 2.45) is 5.92 Å². The molecule has 1 rings (SSSR count). The van der Waals surface area contributed by atoms with Crippen molar-refractivity contribution in [3.63, 3.8) is 0 Å². The lowest BCUT2D eigenvalue weighted by Gasteiger charge is -2.05. The lowest BCUT2D eigenvalue weighted by atomic mass is 10.3. The third-order valence-corrected chi connectivity index (χ3v) is 1.77. The average Bonchev–Trinajstić information content (AvgIpc) is 2.67. The first-order valence-corrected chi connectivity index (χ1v) is 4.13. The molecule has 1 fully saturated rings. The van der Waals surface area contributed by atoms with Gasteiger partial charge in [0.2, 0.25) is 5.91 Å². The number of aliphatic hydroxyl groups is 1. The van der Waals surface area contributed by atoms with Crippen LogP contribution in [0.25, 0.3) is 0 Å². The van der Waals surface area contributed by atoms with Gasteiger partial charge in [-0.3, -0.25) is 4.79 Å². The van der Waals surface area contributed by atoms with Crippen LogP contribution in [-0.4, -0.2) is 23.7 Å². The van der Waals surface area contributed by atoms with Gasteiger partial charge in [-0.1, -0.05) is 0 Å². The van der Waals surface area contributed by atoms with Gasteiger partial charge in [0.25, 0.3) is 0 Å². The van der Waals surface area contributed by atoms with E-state index in [1.165, 1.54) is 12.8 Å². The Morgan fingerprint density at radius 3 is 2.82 bits per heavy atom. The Labute approximate surface area is 66.8 Å². The van der Waals surface area contributed by atoms with E-state index in [-0.39, 0.29) is 5.91 Å². The lowest BCUT2D eigenvalue weighted by Crippen LogP contribution is -2.30. The van der Waals surface area contributed by atoms with Gasteiger partial charge < -0.3 is 10.4 Å². The first-order chi connectivity index (χ1) is 5.18. The molecule has 0 aliphatic heterocycles. The minimum atomic E-state index is -0.432. The summed E-state index contributed by atoms with van der Waals surface area (Å²) < 4.78 is 0. The SMILES string of the molecule is CC(O)CNC(=O)CC1CC1. The predicted octanol–water partition coefficient (Wildman–Crippen LogP) is 0.283. The highest BCUT2D eigenvalue weighted by Crippen LogP contribution is 2.31. The molecule has 2 N–H and O–H groups in total. The molecule has 1 aliphatic rings. The third-order valence-electron chi connectivity index (χ3n) is 1.77. The molecule has 11 heavy (non-hydrogen) atoms. The van der Waals surface area contributed by atoms with Crippen LogP contribution in [0.5, 0.6) is 0 Å². The number of amides is 1. The van der Waals surface area contributed by atoms with E-state index in [0.717, 1.165) is 0 Å². The number of hydrogen-bond donors (Lipinski definition) is 2. The summed E-state index contributed by atoms with van der Waals surface area (Å²) in [7, 11) is 0. The Morgan fingerprint density at radius 1 is 1.73 bits per heavy atom. The number of aliphatic hydroxyl groups excluding tert-OH is 1. The van der Waals surface area contributed by atoms with E-state index in [9.17, 15) is 4.79 Å². The van der Waals surface area contributed by atoms with Gasteiger partial charge in [0, 0.05) is 13.0 Å². The fourth-order valence-electron chi connectivity index (χ4n) is 0.918. The molecule has 64 valence electrons. The van der Waals surface area contributed by atoms with Crippen molar-refractivity contribution in [3.05, 3.63) is 0 Å². The van der Waals surface area contributed by atoms with Crippen molar-refractivity contribution in [2.45, 2.75) is 32.3 Å². The summed E-state index contributed by atoms with van der Waals surface area (Å²) >= 11 is 0. The van der Waals surface area contributed by atoms with Crippen molar-refractivity contribution in [3.8, 4) is 0 Å². The van der Waals surface area contributed by atoms with E-state index < -0.39 is 6.10 Å². The van der Waals surface area contributed by atoms with Crippen LogP contribution in [0.15, 0.2) is 0 Å². The number of hydrogen-bond acceptors (Lipinski definition) is 2. The fourth-order valence-corrected chi connectivity index (χ4v) is 0.918. The van der Waals surface area contributed by atoms with Crippen LogP contribution in [0, 0.1) is 5.92 Å². The van der Waals surface area contributed by atoms with E-state index in [2.05, 4.69) is 5.32 Å². The molecule has 1 atom stereocenters. The van der Waals surface area contributed by atoms with Crippen molar-refractivity contribution in [1.82, 2.24) is 5.32 Å². The van der Waals surface area contributed by atoms with Crippen LogP contribution in [0.2, 0.25) is 0 Å². The van der Waals surface area contributed by atoms with E-state index in [1.54, 1.807) is 6.92 Å². The number of nitrogens with one attached hydrogen (secondary N) is 1. The highest BCUT2D eigenvalue weighted by Gasteiger charge is 2.24. The summed E-state index contributed by atoms with van der Waals surface area (Å²) in [5.41, 5.74) is 0. The molecular formula is C8H15NO2. The Kier molecular flexibility index (Phi) is 2.88. The monoisotopic (exact) mass is 157 g/mol. The van der Waals surface area contributed by atoms with Gasteiger partial charge in [0.15, 0.2) is 0 Å². The zero-order valence-corrected chi connectivity index (χ0v) is 6.84. The van der Waals surface area contributed by atoms with Gasteiger partial charge in [-0.15, -0.1) is 0 Å². The molecule has 0 saturated heterocycles. The van der Waals surface area contributed by atoms with Gasteiger partial charge in [-0.2, -0.15) is 0 Å². The van der Waals surface area contributed by atoms with Crippen molar-refractivity contribution >= 4 is 5.91 Å². The van der Waals surface area contributed by atoms with Crippen molar-refractivity contribution < 1.29 is 9.90 Å². The molecule has 3 heteroatoms. The standard InChI is InChI=1S/C8H15NO2/c1-6(10)5-9-8(11)4-7-2-3-7/h6-7,10H,2-5H2,1H3,(H,9,11). The summed E-state index contributed by atoms with van der Waals surface area (Å²) in [6.07, 6.45) is 2.61. The second-order valence-corrected chi connectivity index (χ2v) is 3.30.